The van der Waals surface area contributed by atoms with E-state index in [0.29, 0.717) is 38.9 Å². The second-order valence-corrected chi connectivity index (χ2v) is 17.1. The minimum absolute atomic E-state index is 0.169. The van der Waals surface area contributed by atoms with E-state index < -0.39 is 10.0 Å². The summed E-state index contributed by atoms with van der Waals surface area (Å²) in [6, 6.07) is 32.5. The van der Waals surface area contributed by atoms with Crippen molar-refractivity contribution in [3.63, 3.8) is 0 Å². The molecule has 59 heavy (non-hydrogen) atoms. The summed E-state index contributed by atoms with van der Waals surface area (Å²) >= 11 is 0. The zero-order valence-corrected chi connectivity index (χ0v) is 35.5. The molecule has 10 bridgehead atoms. The van der Waals surface area contributed by atoms with Crippen LogP contribution < -0.4 is 18.9 Å². The lowest BCUT2D eigenvalue weighted by atomic mass is 9.91. The lowest BCUT2D eigenvalue weighted by Crippen LogP contribution is -2.37. The third-order valence-electron chi connectivity index (χ3n) is 10.7. The smallest absolute Gasteiger partial charge is 0.243 e. The minimum atomic E-state index is -3.79. The number of para-hydroxylation sites is 4. The van der Waals surface area contributed by atoms with E-state index in [1.165, 1.54) is 4.31 Å². The van der Waals surface area contributed by atoms with Crippen molar-refractivity contribution in [1.82, 2.24) is 4.31 Å². The van der Waals surface area contributed by atoms with Gasteiger partial charge in [0.15, 0.2) is 0 Å². The van der Waals surface area contributed by atoms with Crippen molar-refractivity contribution >= 4 is 10.0 Å². The van der Waals surface area contributed by atoms with Gasteiger partial charge in [0.25, 0.3) is 0 Å². The van der Waals surface area contributed by atoms with Gasteiger partial charge >= 0.3 is 0 Å². The number of benzene rings is 5. The minimum Gasteiger partial charge on any atom is -0.493 e. The number of hydrogen-bond acceptors (Lipinski definition) is 8. The lowest BCUT2D eigenvalue weighted by Gasteiger charge is -2.24. The summed E-state index contributed by atoms with van der Waals surface area (Å²) in [7, 11) is -3.79. The Kier molecular flexibility index (Phi) is 14.6. The Morgan fingerprint density at radius 1 is 0.508 bits per heavy atom. The van der Waals surface area contributed by atoms with Crippen LogP contribution in [0.25, 0.3) is 0 Å². The van der Waals surface area contributed by atoms with Crippen LogP contribution in [0.15, 0.2) is 102 Å². The molecule has 3 aliphatic rings. The first kappa shape index (κ1) is 42.3. The number of nitrogens with zero attached hydrogens (tertiary/aromatic N) is 1. The molecule has 0 amide bonds. The highest BCUT2D eigenvalue weighted by Crippen LogP contribution is 2.39. The summed E-state index contributed by atoms with van der Waals surface area (Å²) in [5.74, 6) is 3.42. The lowest BCUT2D eigenvalue weighted by molar-refractivity contribution is 0.0743. The molecule has 0 fully saturated rings. The van der Waals surface area contributed by atoms with Gasteiger partial charge in [-0.15, -0.1) is 0 Å². The number of aryl methyl sites for hydroxylation is 1. The molecule has 0 spiro atoms. The molecule has 0 saturated carbocycles. The van der Waals surface area contributed by atoms with Crippen LogP contribution in [0.3, 0.4) is 0 Å². The molecule has 312 valence electrons. The molecule has 0 unspecified atom stereocenters. The fourth-order valence-corrected chi connectivity index (χ4v) is 9.20. The number of rotatable bonds is 8. The van der Waals surface area contributed by atoms with Crippen LogP contribution in [0.4, 0.5) is 0 Å². The Hall–Kier alpha value is -4.87. The van der Waals surface area contributed by atoms with E-state index in [4.69, 9.17) is 28.4 Å². The summed E-state index contributed by atoms with van der Waals surface area (Å²) in [5.41, 5.74) is 9.50. The summed E-state index contributed by atoms with van der Waals surface area (Å²) < 4.78 is 67.9. The van der Waals surface area contributed by atoms with Gasteiger partial charge in [-0.25, -0.2) is 8.42 Å². The molecule has 5 aromatic carbocycles. The molecular formula is C49H57NO8S. The van der Waals surface area contributed by atoms with Crippen LogP contribution in [-0.4, -0.2) is 78.7 Å². The number of hydrogen-bond donors (Lipinski definition) is 0. The molecule has 1 aliphatic carbocycles. The quantitative estimate of drug-likeness (QED) is 0.141. The SMILES string of the molecule is CCCOc1c2cccc1Cc1cccc3c1OCCOCCN(S(=O)(=O)c1ccc(C)cc1)CCOCCOc1c(cccc1Cc1cccc(c1OCCC)C3)C2. The van der Waals surface area contributed by atoms with Gasteiger partial charge in [0.05, 0.1) is 44.5 Å². The van der Waals surface area contributed by atoms with Crippen molar-refractivity contribution in [1.29, 1.82) is 0 Å². The van der Waals surface area contributed by atoms with Gasteiger partial charge in [0.1, 0.15) is 36.2 Å². The van der Waals surface area contributed by atoms with Crippen LogP contribution in [0.2, 0.25) is 0 Å². The van der Waals surface area contributed by atoms with E-state index in [-0.39, 0.29) is 57.6 Å². The Balaban J connectivity index is 1.32. The highest BCUT2D eigenvalue weighted by molar-refractivity contribution is 7.89. The predicted octanol–water partition coefficient (Wildman–Crippen LogP) is 8.74. The van der Waals surface area contributed by atoms with Gasteiger partial charge in [-0.3, -0.25) is 0 Å². The second-order valence-electron chi connectivity index (χ2n) is 15.2. The Bertz CT molecular complexity index is 2070. The summed E-state index contributed by atoms with van der Waals surface area (Å²) in [4.78, 5) is 0.243. The van der Waals surface area contributed by atoms with E-state index in [1.54, 1.807) is 12.1 Å². The second kappa shape index (κ2) is 20.4. The topological polar surface area (TPSA) is 92.8 Å². The molecule has 0 atom stereocenters. The van der Waals surface area contributed by atoms with Gasteiger partial charge in [-0.1, -0.05) is 104 Å². The Labute approximate surface area is 350 Å². The molecule has 0 N–H and O–H groups in total. The first-order valence-corrected chi connectivity index (χ1v) is 22.5. The zero-order chi connectivity index (χ0) is 41.0. The first-order valence-electron chi connectivity index (χ1n) is 21.0. The van der Waals surface area contributed by atoms with Crippen molar-refractivity contribution < 1.29 is 36.8 Å². The highest BCUT2D eigenvalue weighted by Gasteiger charge is 2.25. The largest absolute Gasteiger partial charge is 0.493 e. The van der Waals surface area contributed by atoms with Gasteiger partial charge in [0, 0.05) is 38.8 Å². The van der Waals surface area contributed by atoms with Gasteiger partial charge in [-0.2, -0.15) is 4.31 Å². The molecule has 0 aromatic heterocycles. The van der Waals surface area contributed by atoms with Crippen LogP contribution in [0.1, 0.15) is 76.8 Å². The van der Waals surface area contributed by atoms with Crippen molar-refractivity contribution in [3.05, 3.63) is 147 Å². The molecule has 2 aliphatic heterocycles. The maximum atomic E-state index is 13.9. The molecule has 5 aromatic rings. The molecule has 8 rings (SSSR count). The number of sulfonamides is 1. The third kappa shape index (κ3) is 10.5. The monoisotopic (exact) mass is 819 g/mol. The van der Waals surface area contributed by atoms with Crippen molar-refractivity contribution in [2.75, 3.05) is 65.9 Å². The van der Waals surface area contributed by atoms with Crippen LogP contribution >= 0.6 is 0 Å². The van der Waals surface area contributed by atoms with Crippen molar-refractivity contribution in [2.24, 2.45) is 0 Å². The highest BCUT2D eigenvalue weighted by atomic mass is 32.2. The molecule has 0 radical (unpaired) electrons. The van der Waals surface area contributed by atoms with E-state index in [9.17, 15) is 8.42 Å². The van der Waals surface area contributed by atoms with Crippen LogP contribution in [-0.2, 0) is 45.2 Å². The summed E-state index contributed by atoms with van der Waals surface area (Å²) in [6.07, 6.45) is 4.17. The van der Waals surface area contributed by atoms with Crippen molar-refractivity contribution in [2.45, 2.75) is 64.2 Å². The average Bonchev–Trinajstić information content (AvgIpc) is 3.23. The molecule has 9 nitrogen and oxygen atoms in total. The Morgan fingerprint density at radius 2 is 0.881 bits per heavy atom. The normalized spacial score (nSPS) is 15.7. The first-order chi connectivity index (χ1) is 28.9. The van der Waals surface area contributed by atoms with E-state index in [0.717, 1.165) is 85.9 Å². The number of fused-ring (bicyclic) bond motifs is 12. The average molecular weight is 820 g/mol. The maximum Gasteiger partial charge on any atom is 0.243 e. The Morgan fingerprint density at radius 3 is 1.25 bits per heavy atom. The van der Waals surface area contributed by atoms with Crippen LogP contribution in [0.5, 0.6) is 23.0 Å². The summed E-state index contributed by atoms with van der Waals surface area (Å²) in [5, 5.41) is 0. The zero-order valence-electron chi connectivity index (χ0n) is 34.7. The molecular weight excluding hydrogens is 763 g/mol. The fourth-order valence-electron chi connectivity index (χ4n) is 7.79. The molecule has 10 heteroatoms. The maximum absolute atomic E-state index is 13.9. The van der Waals surface area contributed by atoms with Crippen molar-refractivity contribution in [3.8, 4) is 23.0 Å². The van der Waals surface area contributed by atoms with Crippen LogP contribution in [0, 0.1) is 6.92 Å². The molecule has 2 heterocycles. The standard InChI is InChI=1S/C49H57NO8S/c1-4-24-55-46-37-10-6-11-38(46)33-42-15-9-17-44-35-40-13-7-12-39(47(40)56-25-5-2)34-43-16-8-14-41(32-37)48(43)57-30-28-53-26-22-50(23-27-54-29-31-58-49(42)44)59(51,52)45-20-18-36(3)19-21-45/h6-21H,4-5,22-35H2,1-3H3. The van der Waals surface area contributed by atoms with Gasteiger partial charge in [-0.05, 0) is 76.4 Å². The van der Waals surface area contributed by atoms with E-state index >= 15 is 0 Å². The van der Waals surface area contributed by atoms with Gasteiger partial charge in [0.2, 0.25) is 10.0 Å². The predicted molar refractivity (Wildman–Crippen MR) is 231 cm³/mol. The summed E-state index contributed by atoms with van der Waals surface area (Å²) in [6.45, 7) is 9.25. The third-order valence-corrected chi connectivity index (χ3v) is 12.6. The molecule has 0 saturated heterocycles. The van der Waals surface area contributed by atoms with Gasteiger partial charge < -0.3 is 28.4 Å². The van der Waals surface area contributed by atoms with E-state index in [1.807, 2.05) is 19.1 Å². The fraction of sp³-hybridized carbons (Fsp3) is 0.388. The number of ether oxygens (including phenoxy) is 6. The van der Waals surface area contributed by atoms with E-state index in [2.05, 4.69) is 86.6 Å².